The van der Waals surface area contributed by atoms with Crippen molar-refractivity contribution >= 4 is 6.08 Å². The Hall–Kier alpha value is -1.15. The predicted octanol–water partition coefficient (Wildman–Crippen LogP) is 2.61. The van der Waals surface area contributed by atoms with Gasteiger partial charge < -0.3 is 5.73 Å². The standard InChI is InChI=1S/C12H18N2/c1-10(5-6-11(2)13)8-12-4-3-7-14-9-12/h3-4,7-9,11H,5-6,13H2,1-2H3/b10-8+. The second-order valence-corrected chi connectivity index (χ2v) is 3.79. The number of allylic oxidation sites excluding steroid dienone is 1. The van der Waals surface area contributed by atoms with Gasteiger partial charge in [0.2, 0.25) is 0 Å². The van der Waals surface area contributed by atoms with Gasteiger partial charge >= 0.3 is 0 Å². The van der Waals surface area contributed by atoms with Crippen LogP contribution in [0.15, 0.2) is 30.1 Å². The normalized spacial score (nSPS) is 14.1. The first-order valence-electron chi connectivity index (χ1n) is 5.01. The first kappa shape index (κ1) is 10.9. The quantitative estimate of drug-likeness (QED) is 0.792. The van der Waals surface area contributed by atoms with Crippen molar-refractivity contribution in [3.63, 3.8) is 0 Å². The molecule has 1 rings (SSSR count). The average Bonchev–Trinajstić information content (AvgIpc) is 2.16. The summed E-state index contributed by atoms with van der Waals surface area (Å²) in [6.07, 6.45) is 7.93. The number of hydrogen-bond donors (Lipinski definition) is 1. The van der Waals surface area contributed by atoms with Gasteiger partial charge in [0.05, 0.1) is 0 Å². The summed E-state index contributed by atoms with van der Waals surface area (Å²) in [6.45, 7) is 4.17. The maximum absolute atomic E-state index is 5.69. The third-order valence-corrected chi connectivity index (χ3v) is 2.09. The van der Waals surface area contributed by atoms with Crippen molar-refractivity contribution in [3.05, 3.63) is 35.7 Å². The molecule has 1 heterocycles. The first-order chi connectivity index (χ1) is 6.68. The maximum atomic E-state index is 5.69. The first-order valence-corrected chi connectivity index (χ1v) is 5.01. The SMILES string of the molecule is C/C(=C\c1cccnc1)CCC(C)N. The Labute approximate surface area is 85.9 Å². The number of aromatic nitrogens is 1. The fourth-order valence-corrected chi connectivity index (χ4v) is 1.27. The van der Waals surface area contributed by atoms with Crippen LogP contribution < -0.4 is 5.73 Å². The molecule has 0 fully saturated rings. The molecule has 0 aliphatic heterocycles. The molecule has 0 saturated carbocycles. The van der Waals surface area contributed by atoms with Gasteiger partial charge in [0.25, 0.3) is 0 Å². The van der Waals surface area contributed by atoms with Crippen LogP contribution in [-0.2, 0) is 0 Å². The lowest BCUT2D eigenvalue weighted by molar-refractivity contribution is 0.664. The summed E-state index contributed by atoms with van der Waals surface area (Å²) < 4.78 is 0. The molecule has 1 aromatic rings. The van der Waals surface area contributed by atoms with Crippen molar-refractivity contribution in [1.82, 2.24) is 4.98 Å². The number of pyridine rings is 1. The zero-order valence-electron chi connectivity index (χ0n) is 8.90. The summed E-state index contributed by atoms with van der Waals surface area (Å²) >= 11 is 0. The number of nitrogens with zero attached hydrogens (tertiary/aromatic N) is 1. The second-order valence-electron chi connectivity index (χ2n) is 3.79. The van der Waals surface area contributed by atoms with Gasteiger partial charge in [0.1, 0.15) is 0 Å². The maximum Gasteiger partial charge on any atom is 0.0340 e. The Morgan fingerprint density at radius 2 is 2.43 bits per heavy atom. The van der Waals surface area contributed by atoms with Gasteiger partial charge in [-0.05, 0) is 38.3 Å². The largest absolute Gasteiger partial charge is 0.328 e. The second kappa shape index (κ2) is 5.55. The Morgan fingerprint density at radius 1 is 1.64 bits per heavy atom. The number of hydrogen-bond acceptors (Lipinski definition) is 2. The summed E-state index contributed by atoms with van der Waals surface area (Å²) in [7, 11) is 0. The minimum absolute atomic E-state index is 0.284. The van der Waals surface area contributed by atoms with Gasteiger partial charge in [0, 0.05) is 18.4 Å². The van der Waals surface area contributed by atoms with Gasteiger partial charge in [0.15, 0.2) is 0 Å². The molecule has 1 aromatic heterocycles. The van der Waals surface area contributed by atoms with Crippen LogP contribution in [-0.4, -0.2) is 11.0 Å². The summed E-state index contributed by atoms with van der Waals surface area (Å²) in [5.41, 5.74) is 8.21. The summed E-state index contributed by atoms with van der Waals surface area (Å²) in [6, 6.07) is 4.29. The lowest BCUT2D eigenvalue weighted by Gasteiger charge is -2.04. The molecule has 0 saturated heterocycles. The van der Waals surface area contributed by atoms with Crippen molar-refractivity contribution in [2.45, 2.75) is 32.7 Å². The van der Waals surface area contributed by atoms with E-state index in [0.717, 1.165) is 18.4 Å². The fourth-order valence-electron chi connectivity index (χ4n) is 1.27. The van der Waals surface area contributed by atoms with Crippen LogP contribution >= 0.6 is 0 Å². The molecule has 0 aliphatic rings. The molecule has 1 unspecified atom stereocenters. The predicted molar refractivity (Wildman–Crippen MR) is 60.8 cm³/mol. The summed E-state index contributed by atoms with van der Waals surface area (Å²) in [5.74, 6) is 0. The molecular weight excluding hydrogens is 172 g/mol. The topological polar surface area (TPSA) is 38.9 Å². The van der Waals surface area contributed by atoms with E-state index in [1.54, 1.807) is 6.20 Å². The van der Waals surface area contributed by atoms with Crippen LogP contribution in [0.3, 0.4) is 0 Å². The lowest BCUT2D eigenvalue weighted by Crippen LogP contribution is -2.14. The molecule has 2 N–H and O–H groups in total. The van der Waals surface area contributed by atoms with Gasteiger partial charge in [-0.2, -0.15) is 0 Å². The van der Waals surface area contributed by atoms with Gasteiger partial charge in [-0.25, -0.2) is 0 Å². The average molecular weight is 190 g/mol. The Kier molecular flexibility index (Phi) is 4.33. The fraction of sp³-hybridized carbons (Fsp3) is 0.417. The molecule has 0 spiro atoms. The van der Waals surface area contributed by atoms with Crippen LogP contribution in [0.25, 0.3) is 6.08 Å². The molecular formula is C12H18N2. The van der Waals surface area contributed by atoms with E-state index in [-0.39, 0.29) is 6.04 Å². The van der Waals surface area contributed by atoms with Crippen LogP contribution in [0.4, 0.5) is 0 Å². The van der Waals surface area contributed by atoms with Crippen LogP contribution in [0, 0.1) is 0 Å². The lowest BCUT2D eigenvalue weighted by atomic mass is 10.1. The highest BCUT2D eigenvalue weighted by atomic mass is 14.6. The van der Waals surface area contributed by atoms with Gasteiger partial charge in [-0.3, -0.25) is 4.98 Å². The highest BCUT2D eigenvalue weighted by Gasteiger charge is 1.95. The van der Waals surface area contributed by atoms with E-state index < -0.39 is 0 Å². The van der Waals surface area contributed by atoms with E-state index >= 15 is 0 Å². The molecule has 0 bridgehead atoms. The third-order valence-electron chi connectivity index (χ3n) is 2.09. The van der Waals surface area contributed by atoms with Crippen LogP contribution in [0.2, 0.25) is 0 Å². The van der Waals surface area contributed by atoms with E-state index in [9.17, 15) is 0 Å². The van der Waals surface area contributed by atoms with E-state index in [2.05, 4.69) is 24.1 Å². The van der Waals surface area contributed by atoms with E-state index in [0.29, 0.717) is 0 Å². The highest BCUT2D eigenvalue weighted by molar-refractivity contribution is 5.50. The molecule has 76 valence electrons. The van der Waals surface area contributed by atoms with E-state index in [1.165, 1.54) is 5.57 Å². The van der Waals surface area contributed by atoms with Gasteiger partial charge in [-0.1, -0.05) is 17.7 Å². The summed E-state index contributed by atoms with van der Waals surface area (Å²) in [4.78, 5) is 4.06. The molecule has 0 radical (unpaired) electrons. The molecule has 1 atom stereocenters. The smallest absolute Gasteiger partial charge is 0.0340 e. The van der Waals surface area contributed by atoms with Gasteiger partial charge in [-0.15, -0.1) is 0 Å². The zero-order valence-corrected chi connectivity index (χ0v) is 8.90. The molecule has 0 aliphatic carbocycles. The van der Waals surface area contributed by atoms with Crippen molar-refractivity contribution in [2.24, 2.45) is 5.73 Å². The highest BCUT2D eigenvalue weighted by Crippen LogP contribution is 2.10. The monoisotopic (exact) mass is 190 g/mol. The molecule has 14 heavy (non-hydrogen) atoms. The number of rotatable bonds is 4. The third kappa shape index (κ3) is 4.19. The Morgan fingerprint density at radius 3 is 3.00 bits per heavy atom. The van der Waals surface area contributed by atoms with Crippen LogP contribution in [0.1, 0.15) is 32.3 Å². The number of nitrogens with two attached hydrogens (primary N) is 1. The van der Waals surface area contributed by atoms with E-state index in [1.807, 2.05) is 19.2 Å². The Bertz CT molecular complexity index is 288. The van der Waals surface area contributed by atoms with Crippen molar-refractivity contribution < 1.29 is 0 Å². The van der Waals surface area contributed by atoms with E-state index in [4.69, 9.17) is 5.73 Å². The molecule has 2 heteroatoms. The van der Waals surface area contributed by atoms with Crippen molar-refractivity contribution in [2.75, 3.05) is 0 Å². The van der Waals surface area contributed by atoms with Crippen molar-refractivity contribution in [3.8, 4) is 0 Å². The minimum atomic E-state index is 0.284. The summed E-state index contributed by atoms with van der Waals surface area (Å²) in [5, 5.41) is 0. The van der Waals surface area contributed by atoms with Crippen LogP contribution in [0.5, 0.6) is 0 Å². The molecule has 0 aromatic carbocycles. The Balaban J connectivity index is 2.52. The van der Waals surface area contributed by atoms with Crippen molar-refractivity contribution in [1.29, 1.82) is 0 Å². The minimum Gasteiger partial charge on any atom is -0.328 e. The zero-order chi connectivity index (χ0) is 10.4. The molecule has 0 amide bonds. The molecule has 2 nitrogen and oxygen atoms in total.